The number of nitrogens with one attached hydrogen (secondary N) is 1. The van der Waals surface area contributed by atoms with Crippen LogP contribution < -0.4 is 9.62 Å². The Morgan fingerprint density at radius 1 is 1.33 bits per heavy atom. The van der Waals surface area contributed by atoms with Gasteiger partial charge in [0.2, 0.25) is 15.9 Å². The Labute approximate surface area is 150 Å². The summed E-state index contributed by atoms with van der Waals surface area (Å²) in [6.45, 7) is 1.88. The first kappa shape index (κ1) is 18.4. The molecule has 0 atom stereocenters. The molecule has 1 aromatic carbocycles. The number of benzene rings is 1. The zero-order valence-electron chi connectivity index (χ0n) is 13.4. The van der Waals surface area contributed by atoms with Crippen LogP contribution in [0.5, 0.6) is 0 Å². The van der Waals surface area contributed by atoms with E-state index in [1.807, 2.05) is 13.0 Å². The molecule has 0 aliphatic rings. The number of hydrogen-bond donors (Lipinski definition) is 1. The number of pyridine rings is 1. The van der Waals surface area contributed by atoms with E-state index < -0.39 is 10.0 Å². The van der Waals surface area contributed by atoms with E-state index in [1.54, 1.807) is 36.7 Å². The van der Waals surface area contributed by atoms with Crippen molar-refractivity contribution in [3.8, 4) is 0 Å². The molecule has 0 fully saturated rings. The molecule has 0 aliphatic carbocycles. The van der Waals surface area contributed by atoms with Gasteiger partial charge in [-0.1, -0.05) is 22.0 Å². The molecule has 0 unspecified atom stereocenters. The number of aromatic nitrogens is 1. The number of halogens is 1. The number of hydrogen-bond acceptors (Lipinski definition) is 4. The summed E-state index contributed by atoms with van der Waals surface area (Å²) in [5, 5.41) is 2.70. The molecule has 1 amide bonds. The molecule has 0 saturated heterocycles. The summed E-state index contributed by atoms with van der Waals surface area (Å²) in [6, 6.07) is 8.75. The van der Waals surface area contributed by atoms with E-state index in [-0.39, 0.29) is 12.5 Å². The van der Waals surface area contributed by atoms with Crippen LogP contribution in [0.4, 0.5) is 5.69 Å². The van der Waals surface area contributed by atoms with Gasteiger partial charge in [0, 0.05) is 23.4 Å². The Bertz CT molecular complexity index is 826. The fourth-order valence-electron chi connectivity index (χ4n) is 2.07. The molecular formula is C16H18BrN3O3S. The summed E-state index contributed by atoms with van der Waals surface area (Å²) in [4.78, 5) is 16.1. The highest BCUT2D eigenvalue weighted by Crippen LogP contribution is 2.24. The number of carbonyl (C=O) groups is 1. The van der Waals surface area contributed by atoms with Crippen molar-refractivity contribution in [2.45, 2.75) is 13.5 Å². The van der Waals surface area contributed by atoms with Crippen LogP contribution in [0.3, 0.4) is 0 Å². The third-order valence-corrected chi connectivity index (χ3v) is 5.36. The van der Waals surface area contributed by atoms with E-state index >= 15 is 0 Å². The molecule has 0 radical (unpaired) electrons. The lowest BCUT2D eigenvalue weighted by Gasteiger charge is -2.22. The van der Waals surface area contributed by atoms with E-state index in [9.17, 15) is 13.2 Å². The molecule has 8 heteroatoms. The second-order valence-electron chi connectivity index (χ2n) is 5.34. The van der Waals surface area contributed by atoms with Crippen molar-refractivity contribution < 1.29 is 13.2 Å². The lowest BCUT2D eigenvalue weighted by Crippen LogP contribution is -2.40. The average Bonchev–Trinajstić information content (AvgIpc) is 2.53. The van der Waals surface area contributed by atoms with Crippen LogP contribution in [0.15, 0.2) is 47.2 Å². The number of nitrogens with zero attached hydrogens (tertiary/aromatic N) is 2. The van der Waals surface area contributed by atoms with Crippen LogP contribution in [0.25, 0.3) is 0 Å². The van der Waals surface area contributed by atoms with E-state index in [0.717, 1.165) is 26.2 Å². The number of amides is 1. The first-order valence-corrected chi connectivity index (χ1v) is 9.81. The fraction of sp³-hybridized carbons (Fsp3) is 0.250. The molecular weight excluding hydrogens is 394 g/mol. The summed E-state index contributed by atoms with van der Waals surface area (Å²) < 4.78 is 26.1. The molecule has 0 aliphatic heterocycles. The first-order chi connectivity index (χ1) is 11.3. The van der Waals surface area contributed by atoms with Crippen LogP contribution in [-0.4, -0.2) is 32.1 Å². The van der Waals surface area contributed by atoms with Gasteiger partial charge in [-0.2, -0.15) is 0 Å². The smallest absolute Gasteiger partial charge is 0.241 e. The number of anilines is 1. The summed E-state index contributed by atoms with van der Waals surface area (Å²) in [5.41, 5.74) is 2.18. The molecule has 128 valence electrons. The minimum Gasteiger partial charge on any atom is -0.350 e. The summed E-state index contributed by atoms with van der Waals surface area (Å²) in [5.74, 6) is -0.384. The lowest BCUT2D eigenvalue weighted by molar-refractivity contribution is -0.119. The normalized spacial score (nSPS) is 11.1. The third kappa shape index (κ3) is 5.04. The maximum Gasteiger partial charge on any atom is 0.241 e. The minimum absolute atomic E-state index is 0.278. The van der Waals surface area contributed by atoms with Gasteiger partial charge in [-0.3, -0.25) is 14.1 Å². The van der Waals surface area contributed by atoms with Gasteiger partial charge in [-0.05, 0) is 42.3 Å². The van der Waals surface area contributed by atoms with E-state index in [0.29, 0.717) is 12.2 Å². The zero-order chi connectivity index (χ0) is 17.7. The predicted octanol–water partition coefficient (Wildman–Crippen LogP) is 2.23. The van der Waals surface area contributed by atoms with E-state index in [2.05, 4.69) is 26.2 Å². The molecule has 0 bridgehead atoms. The van der Waals surface area contributed by atoms with Gasteiger partial charge in [-0.25, -0.2) is 8.42 Å². The number of rotatable bonds is 6. The summed E-state index contributed by atoms with van der Waals surface area (Å²) in [6.07, 6.45) is 4.37. The molecule has 1 N–H and O–H groups in total. The van der Waals surface area contributed by atoms with E-state index in [1.165, 1.54) is 0 Å². The quantitative estimate of drug-likeness (QED) is 0.790. The molecule has 24 heavy (non-hydrogen) atoms. The van der Waals surface area contributed by atoms with Crippen molar-refractivity contribution in [3.05, 3.63) is 58.3 Å². The average molecular weight is 412 g/mol. The highest BCUT2D eigenvalue weighted by Gasteiger charge is 2.21. The van der Waals surface area contributed by atoms with Gasteiger partial charge in [0.05, 0.1) is 11.9 Å². The van der Waals surface area contributed by atoms with Crippen LogP contribution in [0.1, 0.15) is 11.1 Å². The maximum atomic E-state index is 12.2. The molecule has 2 aromatic rings. The molecule has 1 heterocycles. The van der Waals surface area contributed by atoms with Crippen molar-refractivity contribution in [2.24, 2.45) is 0 Å². The third-order valence-electron chi connectivity index (χ3n) is 3.33. The first-order valence-electron chi connectivity index (χ1n) is 7.17. The van der Waals surface area contributed by atoms with Gasteiger partial charge >= 0.3 is 0 Å². The number of aryl methyl sites for hydroxylation is 1. The lowest BCUT2D eigenvalue weighted by atomic mass is 10.2. The van der Waals surface area contributed by atoms with Gasteiger partial charge in [0.15, 0.2) is 0 Å². The zero-order valence-corrected chi connectivity index (χ0v) is 15.8. The van der Waals surface area contributed by atoms with Gasteiger partial charge in [0.1, 0.15) is 6.54 Å². The van der Waals surface area contributed by atoms with E-state index in [4.69, 9.17) is 0 Å². The monoisotopic (exact) mass is 411 g/mol. The van der Waals surface area contributed by atoms with Gasteiger partial charge in [-0.15, -0.1) is 0 Å². The standard InChI is InChI=1S/C16H18BrN3O3S/c1-12-8-14(5-6-15(12)17)20(24(2,22)23)11-16(21)19-10-13-4-3-7-18-9-13/h3-9H,10-11H2,1-2H3,(H,19,21). The van der Waals surface area contributed by atoms with Crippen molar-refractivity contribution in [3.63, 3.8) is 0 Å². The van der Waals surface area contributed by atoms with Crippen molar-refractivity contribution in [1.29, 1.82) is 0 Å². The highest BCUT2D eigenvalue weighted by molar-refractivity contribution is 9.10. The topological polar surface area (TPSA) is 79.4 Å². The molecule has 2 rings (SSSR count). The van der Waals surface area contributed by atoms with Gasteiger partial charge < -0.3 is 5.32 Å². The minimum atomic E-state index is -3.58. The summed E-state index contributed by atoms with van der Waals surface area (Å²) in [7, 11) is -3.58. The molecule has 0 spiro atoms. The Hall–Kier alpha value is -1.93. The Balaban J connectivity index is 2.11. The maximum absolute atomic E-state index is 12.2. The molecule has 6 nitrogen and oxygen atoms in total. The number of sulfonamides is 1. The van der Waals surface area contributed by atoms with Crippen LogP contribution >= 0.6 is 15.9 Å². The molecule has 1 aromatic heterocycles. The predicted molar refractivity (Wildman–Crippen MR) is 97.2 cm³/mol. The Morgan fingerprint density at radius 2 is 2.08 bits per heavy atom. The fourth-order valence-corrected chi connectivity index (χ4v) is 3.17. The van der Waals surface area contributed by atoms with Crippen molar-refractivity contribution in [2.75, 3.05) is 17.1 Å². The SMILES string of the molecule is Cc1cc(N(CC(=O)NCc2cccnc2)S(C)(=O)=O)ccc1Br. The highest BCUT2D eigenvalue weighted by atomic mass is 79.9. The van der Waals surface area contributed by atoms with Crippen LogP contribution in [0, 0.1) is 6.92 Å². The second kappa shape index (κ2) is 7.76. The van der Waals surface area contributed by atoms with Crippen molar-refractivity contribution in [1.82, 2.24) is 10.3 Å². The van der Waals surface area contributed by atoms with Crippen molar-refractivity contribution >= 4 is 37.5 Å². The van der Waals surface area contributed by atoms with Gasteiger partial charge in [0.25, 0.3) is 0 Å². The second-order valence-corrected chi connectivity index (χ2v) is 8.10. The largest absolute Gasteiger partial charge is 0.350 e. The summed E-state index contributed by atoms with van der Waals surface area (Å²) >= 11 is 3.38. The van der Waals surface area contributed by atoms with Crippen LogP contribution in [0.2, 0.25) is 0 Å². The Kier molecular flexibility index (Phi) is 5.95. The Morgan fingerprint density at radius 3 is 2.67 bits per heavy atom. The molecule has 0 saturated carbocycles. The van der Waals surface area contributed by atoms with Crippen LogP contribution in [-0.2, 0) is 21.4 Å². The number of carbonyl (C=O) groups excluding carboxylic acids is 1.